The van der Waals surface area contributed by atoms with Crippen LogP contribution in [0, 0.1) is 6.92 Å². The highest BCUT2D eigenvalue weighted by atomic mass is 32.1. The molecule has 0 bridgehead atoms. The van der Waals surface area contributed by atoms with Crippen molar-refractivity contribution in [2.75, 3.05) is 7.11 Å². The van der Waals surface area contributed by atoms with E-state index in [9.17, 15) is 4.79 Å². The fourth-order valence-electron chi connectivity index (χ4n) is 3.11. The van der Waals surface area contributed by atoms with Crippen LogP contribution in [-0.2, 0) is 17.8 Å². The third-order valence-corrected chi connectivity index (χ3v) is 5.67. The number of aryl methyl sites for hydroxylation is 1. The van der Waals surface area contributed by atoms with Crippen molar-refractivity contribution < 1.29 is 14.3 Å². The van der Waals surface area contributed by atoms with Gasteiger partial charge in [0, 0.05) is 29.8 Å². The highest BCUT2D eigenvalue weighted by Crippen LogP contribution is 2.25. The lowest BCUT2D eigenvalue weighted by atomic mass is 10.1. The molecule has 1 N–H and O–H groups in total. The zero-order valence-electron chi connectivity index (χ0n) is 17.9. The number of carbonyl (C=O) groups excluding carboxylic acids is 1. The van der Waals surface area contributed by atoms with Gasteiger partial charge < -0.3 is 14.8 Å². The first-order valence-corrected chi connectivity index (χ1v) is 11.0. The summed E-state index contributed by atoms with van der Waals surface area (Å²) in [5, 5.41) is 5.79. The van der Waals surface area contributed by atoms with Crippen molar-refractivity contribution in [3.05, 3.63) is 89.1 Å². The molecular weight excluding hydrogens is 422 g/mol. The Kier molecular flexibility index (Phi) is 6.77. The molecule has 7 heteroatoms. The second-order valence-corrected chi connectivity index (χ2v) is 8.11. The van der Waals surface area contributed by atoms with Gasteiger partial charge in [-0.05, 0) is 48.9 Å². The number of hydrogen-bond donors (Lipinski definition) is 1. The third-order valence-electron chi connectivity index (χ3n) is 4.73. The minimum atomic E-state index is -0.0828. The molecule has 4 rings (SSSR count). The maximum absolute atomic E-state index is 12.4. The number of benzene rings is 2. The molecule has 2 aromatic carbocycles. The number of nitrogens with zero attached hydrogens (tertiary/aromatic N) is 2. The number of amides is 1. The summed E-state index contributed by atoms with van der Waals surface area (Å²) >= 11 is 1.55. The summed E-state index contributed by atoms with van der Waals surface area (Å²) in [5.74, 6) is 1.80. The van der Waals surface area contributed by atoms with E-state index in [1.54, 1.807) is 24.6 Å². The molecule has 0 saturated carbocycles. The normalized spacial score (nSPS) is 10.6. The molecule has 162 valence electrons. The van der Waals surface area contributed by atoms with Crippen molar-refractivity contribution in [3.8, 4) is 28.0 Å². The molecule has 4 aromatic rings. The summed E-state index contributed by atoms with van der Waals surface area (Å²) in [4.78, 5) is 21.3. The first kappa shape index (κ1) is 21.5. The van der Waals surface area contributed by atoms with Crippen LogP contribution in [0.2, 0.25) is 0 Å². The molecule has 0 aliphatic carbocycles. The highest BCUT2D eigenvalue weighted by molar-refractivity contribution is 7.13. The Balaban J connectivity index is 1.32. The third kappa shape index (κ3) is 5.70. The van der Waals surface area contributed by atoms with Gasteiger partial charge in [0.25, 0.3) is 0 Å². The van der Waals surface area contributed by atoms with Crippen molar-refractivity contribution in [3.63, 3.8) is 0 Å². The predicted molar refractivity (Wildman–Crippen MR) is 125 cm³/mol. The molecule has 0 aliphatic rings. The first-order valence-electron chi connectivity index (χ1n) is 10.1. The van der Waals surface area contributed by atoms with Gasteiger partial charge in [0.1, 0.15) is 16.5 Å². The van der Waals surface area contributed by atoms with Gasteiger partial charge in [-0.2, -0.15) is 0 Å². The van der Waals surface area contributed by atoms with Crippen LogP contribution < -0.4 is 14.8 Å². The van der Waals surface area contributed by atoms with E-state index in [1.165, 1.54) is 5.56 Å². The molecule has 2 heterocycles. The minimum absolute atomic E-state index is 0.0828. The minimum Gasteiger partial charge on any atom is -0.497 e. The van der Waals surface area contributed by atoms with Crippen LogP contribution >= 0.6 is 11.3 Å². The Morgan fingerprint density at radius 1 is 1.06 bits per heavy atom. The number of thiazole rings is 1. The van der Waals surface area contributed by atoms with Crippen LogP contribution in [0.15, 0.2) is 72.2 Å². The molecule has 0 radical (unpaired) electrons. The molecular formula is C25H23N3O3S. The van der Waals surface area contributed by atoms with Crippen LogP contribution in [0.4, 0.5) is 0 Å². The monoisotopic (exact) mass is 445 g/mol. The lowest BCUT2D eigenvalue weighted by molar-refractivity contribution is -0.120. The Bertz CT molecular complexity index is 1210. The van der Waals surface area contributed by atoms with E-state index >= 15 is 0 Å². The number of methoxy groups -OCH3 is 1. The molecule has 2 aromatic heterocycles. The number of rotatable bonds is 8. The summed E-state index contributed by atoms with van der Waals surface area (Å²) in [5.41, 5.74) is 3.92. The van der Waals surface area contributed by atoms with Crippen LogP contribution in [-0.4, -0.2) is 23.0 Å². The van der Waals surface area contributed by atoms with Crippen LogP contribution in [0.1, 0.15) is 16.8 Å². The van der Waals surface area contributed by atoms with E-state index in [2.05, 4.69) is 34.3 Å². The van der Waals surface area contributed by atoms with Gasteiger partial charge >= 0.3 is 0 Å². The Labute approximate surface area is 190 Å². The molecule has 0 spiro atoms. The van der Waals surface area contributed by atoms with Gasteiger partial charge in [0.2, 0.25) is 11.8 Å². The highest BCUT2D eigenvalue weighted by Gasteiger charge is 2.10. The second kappa shape index (κ2) is 10.1. The fourth-order valence-corrected chi connectivity index (χ4v) is 3.92. The van der Waals surface area contributed by atoms with Gasteiger partial charge in [-0.1, -0.05) is 23.8 Å². The van der Waals surface area contributed by atoms with Gasteiger partial charge in [-0.25, -0.2) is 9.97 Å². The van der Waals surface area contributed by atoms with Gasteiger partial charge in [0.15, 0.2) is 0 Å². The lowest BCUT2D eigenvalue weighted by Crippen LogP contribution is -2.24. The summed E-state index contributed by atoms with van der Waals surface area (Å²) in [7, 11) is 1.62. The summed E-state index contributed by atoms with van der Waals surface area (Å²) in [6.45, 7) is 2.44. The van der Waals surface area contributed by atoms with Crippen molar-refractivity contribution >= 4 is 17.2 Å². The second-order valence-electron chi connectivity index (χ2n) is 7.25. The molecule has 0 atom stereocenters. The molecule has 0 unspecified atom stereocenters. The van der Waals surface area contributed by atoms with E-state index < -0.39 is 0 Å². The van der Waals surface area contributed by atoms with E-state index in [0.29, 0.717) is 18.2 Å². The first-order chi connectivity index (χ1) is 15.6. The number of pyridine rings is 1. The molecule has 0 aliphatic heterocycles. The molecule has 32 heavy (non-hydrogen) atoms. The maximum atomic E-state index is 12.4. The summed E-state index contributed by atoms with van der Waals surface area (Å²) < 4.78 is 10.9. The average Bonchev–Trinajstić information content (AvgIpc) is 3.27. The van der Waals surface area contributed by atoms with E-state index in [0.717, 1.165) is 27.6 Å². The van der Waals surface area contributed by atoms with Crippen LogP contribution in [0.5, 0.6) is 17.4 Å². The van der Waals surface area contributed by atoms with Crippen LogP contribution in [0.25, 0.3) is 10.6 Å². The number of hydrogen-bond acceptors (Lipinski definition) is 6. The lowest BCUT2D eigenvalue weighted by Gasteiger charge is -2.08. The summed E-state index contributed by atoms with van der Waals surface area (Å²) in [6.07, 6.45) is 1.90. The number of aromatic nitrogens is 2. The standard InChI is InChI=1S/C25H23N3O3S/c1-17-4-3-5-19(12-17)25-28-20(16-32-25)14-23(29)27-15-18-10-11-26-24(13-18)31-22-8-6-21(30-2)7-9-22/h3-13,16H,14-15H2,1-2H3,(H,27,29). The molecule has 0 saturated heterocycles. The maximum Gasteiger partial charge on any atom is 0.226 e. The van der Waals surface area contributed by atoms with E-state index in [1.807, 2.05) is 53.9 Å². The number of ether oxygens (including phenoxy) is 2. The van der Waals surface area contributed by atoms with Gasteiger partial charge in [0.05, 0.1) is 19.2 Å². The van der Waals surface area contributed by atoms with Crippen molar-refractivity contribution in [2.24, 2.45) is 0 Å². The Morgan fingerprint density at radius 2 is 1.88 bits per heavy atom. The quantitative estimate of drug-likeness (QED) is 0.405. The van der Waals surface area contributed by atoms with Crippen molar-refractivity contribution in [2.45, 2.75) is 19.9 Å². The van der Waals surface area contributed by atoms with Gasteiger partial charge in [-0.15, -0.1) is 11.3 Å². The smallest absolute Gasteiger partial charge is 0.226 e. The van der Waals surface area contributed by atoms with E-state index in [4.69, 9.17) is 9.47 Å². The number of nitrogens with one attached hydrogen (secondary N) is 1. The largest absolute Gasteiger partial charge is 0.497 e. The molecule has 6 nitrogen and oxygen atoms in total. The predicted octanol–water partition coefficient (Wildman–Crippen LogP) is 5.17. The Morgan fingerprint density at radius 3 is 2.66 bits per heavy atom. The van der Waals surface area contributed by atoms with Crippen molar-refractivity contribution in [1.29, 1.82) is 0 Å². The van der Waals surface area contributed by atoms with E-state index in [-0.39, 0.29) is 12.3 Å². The topological polar surface area (TPSA) is 73.3 Å². The zero-order chi connectivity index (χ0) is 22.3. The molecule has 1 amide bonds. The number of carbonyl (C=O) groups is 1. The fraction of sp³-hybridized carbons (Fsp3) is 0.160. The van der Waals surface area contributed by atoms with Gasteiger partial charge in [-0.3, -0.25) is 4.79 Å². The van der Waals surface area contributed by atoms with Crippen LogP contribution in [0.3, 0.4) is 0 Å². The van der Waals surface area contributed by atoms with Crippen molar-refractivity contribution in [1.82, 2.24) is 15.3 Å². The average molecular weight is 446 g/mol. The Hall–Kier alpha value is -3.71. The SMILES string of the molecule is COc1ccc(Oc2cc(CNC(=O)Cc3csc(-c4cccc(C)c4)n3)ccn2)cc1. The molecule has 0 fully saturated rings. The summed E-state index contributed by atoms with van der Waals surface area (Å²) in [6, 6.07) is 19.1. The zero-order valence-corrected chi connectivity index (χ0v) is 18.7.